The van der Waals surface area contributed by atoms with Crippen molar-refractivity contribution in [2.24, 2.45) is 40.5 Å². The number of carbonyl (C=O) groups is 8. The van der Waals surface area contributed by atoms with Gasteiger partial charge in [0.25, 0.3) is 0 Å². The monoisotopic (exact) mass is 1270 g/mol. The Kier molecular flexibility index (Phi) is 54.2. The Morgan fingerprint density at radius 3 is 1.06 bits per heavy atom. The summed E-state index contributed by atoms with van der Waals surface area (Å²) in [5.41, 5.74) is 29.2. The summed E-state index contributed by atoms with van der Waals surface area (Å²) >= 11 is 1.20. The summed E-state index contributed by atoms with van der Waals surface area (Å²) < 4.78 is 11.7. The molecule has 0 aliphatic carbocycles. The zero-order valence-electron chi connectivity index (χ0n) is 55.1. The lowest BCUT2D eigenvalue weighted by molar-refractivity contribution is -0.162. The van der Waals surface area contributed by atoms with Crippen LogP contribution >= 0.6 is 11.8 Å². The number of ether oxygens (including phenoxy) is 2. The zero-order chi connectivity index (χ0) is 65.6. The summed E-state index contributed by atoms with van der Waals surface area (Å²) in [6.07, 6.45) is 31.1. The van der Waals surface area contributed by atoms with Crippen molar-refractivity contribution in [2.45, 2.75) is 301 Å². The van der Waals surface area contributed by atoms with Crippen LogP contribution in [0.2, 0.25) is 0 Å². The van der Waals surface area contributed by atoms with Crippen molar-refractivity contribution in [3.05, 3.63) is 0 Å². The van der Waals surface area contributed by atoms with Crippen LogP contribution in [-0.4, -0.2) is 151 Å². The second-order valence-electron chi connectivity index (χ2n) is 24.2. The first-order valence-electron chi connectivity index (χ1n) is 34.3. The van der Waals surface area contributed by atoms with Gasteiger partial charge in [-0.25, -0.2) is 4.79 Å². The quantitative estimate of drug-likeness (QED) is 0.0212. The van der Waals surface area contributed by atoms with Gasteiger partial charge < -0.3 is 74.9 Å². The van der Waals surface area contributed by atoms with Gasteiger partial charge in [0.15, 0.2) is 0 Å². The standard InChI is InChI=1S/C65H126N10O12S/c1-5-7-9-11-13-15-17-19-21-23-25-35-49(3)64(84)86-46-51(87-65(85)50(4)36-26-24-22-20-18-16-14-12-10-8-6-2)47-88-48-52(70)58(77)75-57(45-76)62(81)73-54(38-28-32-42-67)60(79)71-53(37-27-31-41-66)59(78)72-55(39-29-33-43-68)61(80)74-56(63(82)83)40-30-34-44-69/h49-57,76H,5-48,66-70H2,1-4H3,(H,71,79)(H,72,78)(H,73,81)(H,74,80)(H,75,77)(H,82,83). The highest BCUT2D eigenvalue weighted by molar-refractivity contribution is 7.99. The fourth-order valence-corrected chi connectivity index (χ4v) is 11.1. The van der Waals surface area contributed by atoms with Crippen molar-refractivity contribution >= 4 is 59.2 Å². The number of nitrogens with one attached hydrogen (secondary N) is 5. The molecule has 0 fully saturated rings. The number of esters is 2. The van der Waals surface area contributed by atoms with E-state index in [1.165, 1.54) is 114 Å². The lowest BCUT2D eigenvalue weighted by Gasteiger charge is -2.27. The van der Waals surface area contributed by atoms with Gasteiger partial charge in [-0.3, -0.25) is 33.6 Å². The van der Waals surface area contributed by atoms with E-state index in [1.807, 2.05) is 13.8 Å². The number of unbranched alkanes of at least 4 members (excludes halogenated alkanes) is 24. The molecule has 0 aliphatic rings. The van der Waals surface area contributed by atoms with E-state index in [9.17, 15) is 48.6 Å². The summed E-state index contributed by atoms with van der Waals surface area (Å²) in [6.45, 7) is 8.37. The zero-order valence-corrected chi connectivity index (χ0v) is 55.9. The smallest absolute Gasteiger partial charge is 0.326 e. The van der Waals surface area contributed by atoms with E-state index >= 15 is 0 Å². The Bertz CT molecular complexity index is 1840. The van der Waals surface area contributed by atoms with Gasteiger partial charge in [-0.1, -0.05) is 169 Å². The van der Waals surface area contributed by atoms with E-state index in [-0.39, 0.29) is 68.1 Å². The van der Waals surface area contributed by atoms with Crippen LogP contribution in [0.5, 0.6) is 0 Å². The van der Waals surface area contributed by atoms with E-state index in [1.54, 1.807) is 0 Å². The van der Waals surface area contributed by atoms with Gasteiger partial charge in [-0.2, -0.15) is 11.8 Å². The lowest BCUT2D eigenvalue weighted by atomic mass is 10.0. The maximum atomic E-state index is 14.1. The summed E-state index contributed by atoms with van der Waals surface area (Å²) in [5, 5.41) is 33.3. The number of hydrogen-bond donors (Lipinski definition) is 12. The molecule has 23 heteroatoms. The third kappa shape index (κ3) is 43.6. The third-order valence-corrected chi connectivity index (χ3v) is 17.2. The molecule has 514 valence electrons. The molecule has 0 heterocycles. The van der Waals surface area contributed by atoms with Crippen molar-refractivity contribution in [2.75, 3.05) is 50.9 Å². The molecule has 0 aromatic heterocycles. The Morgan fingerprint density at radius 2 is 0.705 bits per heavy atom. The Labute approximate surface area is 534 Å². The molecule has 88 heavy (non-hydrogen) atoms. The number of carboxylic acid groups (broad SMARTS) is 1. The first-order valence-corrected chi connectivity index (χ1v) is 35.5. The highest BCUT2D eigenvalue weighted by atomic mass is 32.2. The molecular weight excluding hydrogens is 1140 g/mol. The third-order valence-electron chi connectivity index (χ3n) is 16.0. The molecule has 0 aromatic rings. The van der Waals surface area contributed by atoms with E-state index in [2.05, 4.69) is 40.4 Å². The van der Waals surface area contributed by atoms with Crippen LogP contribution in [0.4, 0.5) is 0 Å². The number of nitrogens with two attached hydrogens (primary N) is 5. The number of amides is 5. The van der Waals surface area contributed by atoms with Gasteiger partial charge in [0.05, 0.1) is 24.5 Å². The van der Waals surface area contributed by atoms with Crippen molar-refractivity contribution in [1.82, 2.24) is 26.6 Å². The number of aliphatic carboxylic acids is 1. The highest BCUT2D eigenvalue weighted by Gasteiger charge is 2.33. The predicted molar refractivity (Wildman–Crippen MR) is 353 cm³/mol. The van der Waals surface area contributed by atoms with Gasteiger partial charge in [-0.15, -0.1) is 0 Å². The molecule has 9 atom stereocenters. The van der Waals surface area contributed by atoms with Crippen LogP contribution in [-0.2, 0) is 47.8 Å². The van der Waals surface area contributed by atoms with Crippen molar-refractivity contribution in [3.8, 4) is 0 Å². The Hall–Kier alpha value is -4.13. The van der Waals surface area contributed by atoms with Crippen molar-refractivity contribution in [1.29, 1.82) is 0 Å². The minimum Gasteiger partial charge on any atom is -0.480 e. The summed E-state index contributed by atoms with van der Waals surface area (Å²) in [4.78, 5) is 108. The minimum atomic E-state index is -1.54. The molecule has 9 unspecified atom stereocenters. The van der Waals surface area contributed by atoms with Crippen LogP contribution in [0.25, 0.3) is 0 Å². The normalized spacial score (nSPS) is 14.5. The van der Waals surface area contributed by atoms with Gasteiger partial charge in [-0.05, 0) is 116 Å². The molecule has 0 rings (SSSR count). The molecule has 0 aliphatic heterocycles. The molecule has 22 nitrogen and oxygen atoms in total. The van der Waals surface area contributed by atoms with Crippen molar-refractivity contribution in [3.63, 3.8) is 0 Å². The average molecular weight is 1270 g/mol. The lowest BCUT2D eigenvalue weighted by Crippen LogP contribution is -2.59. The molecule has 0 saturated heterocycles. The maximum Gasteiger partial charge on any atom is 0.326 e. The highest BCUT2D eigenvalue weighted by Crippen LogP contribution is 2.20. The van der Waals surface area contributed by atoms with Crippen LogP contribution in [0, 0.1) is 11.8 Å². The largest absolute Gasteiger partial charge is 0.480 e. The number of carboxylic acids is 1. The summed E-state index contributed by atoms with van der Waals surface area (Å²) in [7, 11) is 0. The molecule has 0 aromatic carbocycles. The van der Waals surface area contributed by atoms with Crippen LogP contribution < -0.4 is 55.3 Å². The molecule has 17 N–H and O–H groups in total. The summed E-state index contributed by atoms with van der Waals surface area (Å²) in [5.74, 6) is -6.45. The number of rotatable bonds is 61. The van der Waals surface area contributed by atoms with Crippen LogP contribution in [0.15, 0.2) is 0 Å². The Balaban J connectivity index is 5.98. The molecule has 5 amide bonds. The summed E-state index contributed by atoms with van der Waals surface area (Å²) in [6, 6.07) is -7.63. The molecular formula is C65H126N10O12S. The SMILES string of the molecule is CCCCCCCCCCCCCC(C)C(=O)OCC(CSCC(N)C(=O)NC(CO)C(=O)NC(CCCCN)C(=O)NC(CCCCN)C(=O)NC(CCCCN)C(=O)NC(CCCCN)C(=O)O)OC(=O)C(C)CCCCCCCCCCCCC. The van der Waals surface area contributed by atoms with E-state index < -0.39 is 90.4 Å². The van der Waals surface area contributed by atoms with Crippen molar-refractivity contribution < 1.29 is 58.0 Å². The van der Waals surface area contributed by atoms with Crippen LogP contribution in [0.1, 0.15) is 259 Å². The van der Waals surface area contributed by atoms with Gasteiger partial charge in [0.1, 0.15) is 42.9 Å². The van der Waals surface area contributed by atoms with E-state index in [4.69, 9.17) is 38.1 Å². The Morgan fingerprint density at radius 1 is 0.398 bits per heavy atom. The predicted octanol–water partition coefficient (Wildman–Crippen LogP) is 7.19. The molecule has 0 bridgehead atoms. The minimum absolute atomic E-state index is 0.000645. The average Bonchev–Trinajstić information content (AvgIpc) is 2.96. The van der Waals surface area contributed by atoms with Gasteiger partial charge in [0, 0.05) is 11.5 Å². The number of aliphatic hydroxyl groups excluding tert-OH is 1. The molecule has 0 saturated carbocycles. The molecule has 0 radical (unpaired) electrons. The van der Waals surface area contributed by atoms with Gasteiger partial charge >= 0.3 is 17.9 Å². The first kappa shape index (κ1) is 83.9. The van der Waals surface area contributed by atoms with E-state index in [0.29, 0.717) is 83.8 Å². The first-order chi connectivity index (χ1) is 42.4. The van der Waals surface area contributed by atoms with E-state index in [0.717, 1.165) is 38.5 Å². The second-order valence-corrected chi connectivity index (χ2v) is 25.3. The molecule has 0 spiro atoms. The van der Waals surface area contributed by atoms with Crippen LogP contribution in [0.3, 0.4) is 0 Å². The topological polar surface area (TPSA) is 386 Å². The van der Waals surface area contributed by atoms with Gasteiger partial charge in [0.2, 0.25) is 29.5 Å². The number of thioether (sulfide) groups is 1. The number of carbonyl (C=O) groups excluding carboxylic acids is 7. The number of aliphatic hydroxyl groups is 1. The fraction of sp³-hybridized carbons (Fsp3) is 0.877. The fourth-order valence-electron chi connectivity index (χ4n) is 10.2. The maximum absolute atomic E-state index is 14.1. The number of hydrogen-bond acceptors (Lipinski definition) is 17. The second kappa shape index (κ2) is 56.8.